The standard InChI is InChI=1S/C18H18N2OS/c1-13(21)15-6-7-16(11-19)18(10-15)20(2)12-14-4-8-17(22-3)9-5-14/h4-10H,12H2,1-3H3. The molecule has 0 saturated heterocycles. The van der Waals surface area contributed by atoms with Gasteiger partial charge >= 0.3 is 0 Å². The summed E-state index contributed by atoms with van der Waals surface area (Å²) in [6.07, 6.45) is 2.05. The summed E-state index contributed by atoms with van der Waals surface area (Å²) in [5, 5.41) is 9.27. The zero-order valence-electron chi connectivity index (χ0n) is 13.0. The van der Waals surface area contributed by atoms with Gasteiger partial charge in [0, 0.05) is 24.1 Å². The Hall–Kier alpha value is -2.25. The normalized spacial score (nSPS) is 10.1. The number of rotatable bonds is 5. The zero-order chi connectivity index (χ0) is 16.1. The van der Waals surface area contributed by atoms with Crippen LogP contribution in [0.25, 0.3) is 0 Å². The second-order valence-corrected chi connectivity index (χ2v) is 5.98. The molecule has 2 aromatic carbocycles. The molecular weight excluding hydrogens is 292 g/mol. The summed E-state index contributed by atoms with van der Waals surface area (Å²) < 4.78 is 0. The van der Waals surface area contributed by atoms with E-state index in [1.807, 2.05) is 18.2 Å². The molecular formula is C18H18N2OS. The summed E-state index contributed by atoms with van der Waals surface area (Å²) in [6, 6.07) is 15.7. The third-order valence-corrected chi connectivity index (χ3v) is 4.26. The van der Waals surface area contributed by atoms with Crippen LogP contribution in [0.15, 0.2) is 47.4 Å². The lowest BCUT2D eigenvalue weighted by Crippen LogP contribution is -2.18. The van der Waals surface area contributed by atoms with E-state index >= 15 is 0 Å². The van der Waals surface area contributed by atoms with E-state index in [0.717, 1.165) is 11.3 Å². The highest BCUT2D eigenvalue weighted by Crippen LogP contribution is 2.23. The van der Waals surface area contributed by atoms with E-state index in [2.05, 4.69) is 30.3 Å². The van der Waals surface area contributed by atoms with E-state index < -0.39 is 0 Å². The Kier molecular flexibility index (Phi) is 5.24. The first-order valence-electron chi connectivity index (χ1n) is 6.94. The number of nitriles is 1. The smallest absolute Gasteiger partial charge is 0.159 e. The number of thioether (sulfide) groups is 1. The average molecular weight is 310 g/mol. The van der Waals surface area contributed by atoms with E-state index in [1.54, 1.807) is 30.0 Å². The number of nitrogens with zero attached hydrogens (tertiary/aromatic N) is 2. The molecule has 0 radical (unpaired) electrons. The van der Waals surface area contributed by atoms with Crippen molar-refractivity contribution in [2.75, 3.05) is 18.2 Å². The highest BCUT2D eigenvalue weighted by Gasteiger charge is 2.11. The van der Waals surface area contributed by atoms with Crippen LogP contribution in [-0.4, -0.2) is 19.1 Å². The fourth-order valence-corrected chi connectivity index (χ4v) is 2.66. The molecule has 0 aliphatic heterocycles. The summed E-state index contributed by atoms with van der Waals surface area (Å²) in [4.78, 5) is 14.8. The van der Waals surface area contributed by atoms with Crippen molar-refractivity contribution in [2.24, 2.45) is 0 Å². The van der Waals surface area contributed by atoms with Crippen LogP contribution in [0, 0.1) is 11.3 Å². The van der Waals surface area contributed by atoms with E-state index in [4.69, 9.17) is 0 Å². The van der Waals surface area contributed by atoms with Gasteiger partial charge in [0.2, 0.25) is 0 Å². The molecule has 4 heteroatoms. The Morgan fingerprint density at radius 1 is 1.23 bits per heavy atom. The average Bonchev–Trinajstić information content (AvgIpc) is 2.54. The topological polar surface area (TPSA) is 44.1 Å². The number of benzene rings is 2. The van der Waals surface area contributed by atoms with Crippen LogP contribution >= 0.6 is 11.8 Å². The molecule has 0 spiro atoms. The van der Waals surface area contributed by atoms with Gasteiger partial charge in [0.05, 0.1) is 11.3 Å². The third-order valence-electron chi connectivity index (χ3n) is 3.51. The number of hydrogen-bond acceptors (Lipinski definition) is 4. The van der Waals surface area contributed by atoms with E-state index in [-0.39, 0.29) is 5.78 Å². The van der Waals surface area contributed by atoms with Gasteiger partial charge in [0.25, 0.3) is 0 Å². The summed E-state index contributed by atoms with van der Waals surface area (Å²) in [6.45, 7) is 2.22. The molecule has 2 rings (SSSR count). The molecule has 0 bridgehead atoms. The molecule has 0 saturated carbocycles. The van der Waals surface area contributed by atoms with Crippen molar-refractivity contribution < 1.29 is 4.79 Å². The molecule has 22 heavy (non-hydrogen) atoms. The molecule has 0 heterocycles. The minimum absolute atomic E-state index is 0.00321. The van der Waals surface area contributed by atoms with Crippen molar-refractivity contribution in [1.29, 1.82) is 5.26 Å². The Labute approximate surface area is 135 Å². The number of carbonyl (C=O) groups excluding carboxylic acids is 1. The van der Waals surface area contributed by atoms with E-state index in [0.29, 0.717) is 17.7 Å². The molecule has 3 nitrogen and oxygen atoms in total. The van der Waals surface area contributed by atoms with Gasteiger partial charge in [-0.2, -0.15) is 5.26 Å². The second-order valence-electron chi connectivity index (χ2n) is 5.10. The van der Waals surface area contributed by atoms with Gasteiger partial charge in [-0.3, -0.25) is 4.79 Å². The van der Waals surface area contributed by atoms with Gasteiger partial charge in [-0.25, -0.2) is 0 Å². The molecule has 0 unspecified atom stereocenters. The van der Waals surface area contributed by atoms with Gasteiger partial charge in [-0.15, -0.1) is 11.8 Å². The molecule has 2 aromatic rings. The summed E-state index contributed by atoms with van der Waals surface area (Å²) >= 11 is 1.71. The fraction of sp³-hybridized carbons (Fsp3) is 0.222. The van der Waals surface area contributed by atoms with Crippen LogP contribution in [0.2, 0.25) is 0 Å². The quantitative estimate of drug-likeness (QED) is 0.615. The minimum Gasteiger partial charge on any atom is -0.369 e. The van der Waals surface area contributed by atoms with Crippen molar-refractivity contribution in [3.8, 4) is 6.07 Å². The van der Waals surface area contributed by atoms with Gasteiger partial charge in [-0.05, 0) is 49.1 Å². The van der Waals surface area contributed by atoms with Crippen LogP contribution in [-0.2, 0) is 6.54 Å². The van der Waals surface area contributed by atoms with Crippen molar-refractivity contribution >= 4 is 23.2 Å². The second kappa shape index (κ2) is 7.15. The Morgan fingerprint density at radius 3 is 2.45 bits per heavy atom. The van der Waals surface area contributed by atoms with Crippen molar-refractivity contribution in [1.82, 2.24) is 0 Å². The summed E-state index contributed by atoms with van der Waals surface area (Å²) in [5.41, 5.74) is 3.15. The largest absolute Gasteiger partial charge is 0.369 e. The first-order chi connectivity index (χ1) is 10.5. The molecule has 0 N–H and O–H groups in total. The Balaban J connectivity index is 2.27. The Bertz CT molecular complexity index is 717. The molecule has 0 aliphatic carbocycles. The lowest BCUT2D eigenvalue weighted by atomic mass is 10.1. The number of ketones is 1. The summed E-state index contributed by atoms with van der Waals surface area (Å²) in [7, 11) is 1.93. The van der Waals surface area contributed by atoms with Gasteiger partial charge in [0.1, 0.15) is 6.07 Å². The van der Waals surface area contributed by atoms with E-state index in [9.17, 15) is 10.1 Å². The highest BCUT2D eigenvalue weighted by molar-refractivity contribution is 7.98. The van der Waals surface area contributed by atoms with Crippen LogP contribution in [0.1, 0.15) is 28.4 Å². The third kappa shape index (κ3) is 3.69. The molecule has 0 amide bonds. The van der Waals surface area contributed by atoms with Gasteiger partial charge < -0.3 is 4.90 Å². The zero-order valence-corrected chi connectivity index (χ0v) is 13.8. The van der Waals surface area contributed by atoms with Gasteiger partial charge in [0.15, 0.2) is 5.78 Å². The number of hydrogen-bond donors (Lipinski definition) is 0. The number of Topliss-reactive ketones (excluding diaryl/α,β-unsaturated/α-hetero) is 1. The lowest BCUT2D eigenvalue weighted by molar-refractivity contribution is 0.101. The predicted octanol–water partition coefficient (Wildman–Crippen LogP) is 4.12. The van der Waals surface area contributed by atoms with E-state index in [1.165, 1.54) is 11.8 Å². The summed E-state index contributed by atoms with van der Waals surface area (Å²) in [5.74, 6) is 0.00321. The molecule has 112 valence electrons. The molecule has 0 aromatic heterocycles. The highest BCUT2D eigenvalue weighted by atomic mass is 32.2. The molecule has 0 aliphatic rings. The Morgan fingerprint density at radius 2 is 1.91 bits per heavy atom. The predicted molar refractivity (Wildman–Crippen MR) is 91.5 cm³/mol. The first-order valence-corrected chi connectivity index (χ1v) is 8.16. The lowest BCUT2D eigenvalue weighted by Gasteiger charge is -2.21. The van der Waals surface area contributed by atoms with Crippen LogP contribution < -0.4 is 4.90 Å². The van der Waals surface area contributed by atoms with Crippen molar-refractivity contribution in [3.63, 3.8) is 0 Å². The number of anilines is 1. The van der Waals surface area contributed by atoms with Crippen molar-refractivity contribution in [2.45, 2.75) is 18.4 Å². The van der Waals surface area contributed by atoms with Crippen LogP contribution in [0.5, 0.6) is 0 Å². The van der Waals surface area contributed by atoms with Gasteiger partial charge in [-0.1, -0.05) is 12.1 Å². The molecule has 0 atom stereocenters. The van der Waals surface area contributed by atoms with Crippen molar-refractivity contribution in [3.05, 3.63) is 59.2 Å². The van der Waals surface area contributed by atoms with Crippen LogP contribution in [0.3, 0.4) is 0 Å². The fourth-order valence-electron chi connectivity index (χ4n) is 2.25. The first kappa shape index (κ1) is 16.1. The SMILES string of the molecule is CSc1ccc(CN(C)c2cc(C(C)=O)ccc2C#N)cc1. The maximum atomic E-state index is 11.5. The monoisotopic (exact) mass is 310 g/mol. The maximum Gasteiger partial charge on any atom is 0.159 e. The molecule has 0 fully saturated rings. The minimum atomic E-state index is 0.00321. The number of carbonyl (C=O) groups is 1. The van der Waals surface area contributed by atoms with Crippen LogP contribution in [0.4, 0.5) is 5.69 Å². The maximum absolute atomic E-state index is 11.5.